The van der Waals surface area contributed by atoms with Crippen LogP contribution in [0.5, 0.6) is 5.75 Å². The molecule has 9 nitrogen and oxygen atoms in total. The zero-order chi connectivity index (χ0) is 30.2. The fourth-order valence-corrected chi connectivity index (χ4v) is 4.71. The Balaban J connectivity index is 1.20. The van der Waals surface area contributed by atoms with Gasteiger partial charge < -0.3 is 40.7 Å². The number of ether oxygens (including phenoxy) is 2. The highest BCUT2D eigenvalue weighted by Crippen LogP contribution is 2.24. The van der Waals surface area contributed by atoms with Gasteiger partial charge in [0.25, 0.3) is 0 Å². The summed E-state index contributed by atoms with van der Waals surface area (Å²) in [6, 6.07) is 16.6. The Hall–Kier alpha value is -2.89. The quantitative estimate of drug-likeness (QED) is 0.0927. The Bertz CT molecular complexity index is 1240. The first kappa shape index (κ1) is 33.6. The summed E-state index contributed by atoms with van der Waals surface area (Å²) in [5, 5.41) is 38.8. The van der Waals surface area contributed by atoms with E-state index in [1.165, 1.54) is 6.07 Å². The number of carbonyl (C=O) groups is 1. The van der Waals surface area contributed by atoms with Gasteiger partial charge in [0.05, 0.1) is 32.5 Å². The molecule has 0 fully saturated rings. The molecule has 0 bridgehead atoms. The Kier molecular flexibility index (Phi) is 14.9. The van der Waals surface area contributed by atoms with E-state index in [0.717, 1.165) is 37.8 Å². The van der Waals surface area contributed by atoms with Crippen LogP contribution in [0.4, 0.5) is 16.2 Å². The lowest BCUT2D eigenvalue weighted by atomic mass is 10.1. The van der Waals surface area contributed by atoms with E-state index in [1.807, 2.05) is 18.2 Å². The molecule has 0 saturated heterocycles. The molecule has 0 aliphatic heterocycles. The fraction of sp³-hybridized carbons (Fsp3) is 0.387. The Labute approximate surface area is 256 Å². The monoisotopic (exact) mass is 619 g/mol. The molecule has 42 heavy (non-hydrogen) atoms. The Morgan fingerprint density at radius 2 is 1.57 bits per heavy atom. The number of hydrogen-bond acceptors (Lipinski definition) is 7. The Morgan fingerprint density at radius 3 is 2.36 bits per heavy atom. The number of urea groups is 1. The SMILES string of the molecule is O=C(Nc1cc(Cl)cc(Cl)c1)Nc1ccccc1COCCOCCCCCCNC[C@@H](O)c1ccc(O)c(CO)c1. The predicted molar refractivity (Wildman–Crippen MR) is 166 cm³/mol. The van der Waals surface area contributed by atoms with E-state index in [0.29, 0.717) is 65.5 Å². The van der Waals surface area contributed by atoms with Crippen molar-refractivity contribution in [2.75, 3.05) is 43.5 Å². The van der Waals surface area contributed by atoms with Crippen molar-refractivity contribution in [3.05, 3.63) is 87.4 Å². The highest BCUT2D eigenvalue weighted by atomic mass is 35.5. The van der Waals surface area contributed by atoms with Gasteiger partial charge in [0.2, 0.25) is 0 Å². The molecular formula is C31H39Cl2N3O6. The second-order valence-corrected chi connectivity index (χ2v) is 10.6. The molecule has 2 amide bonds. The van der Waals surface area contributed by atoms with Crippen molar-refractivity contribution >= 4 is 40.6 Å². The number of carbonyl (C=O) groups excluding carboxylic acids is 1. The van der Waals surface area contributed by atoms with Gasteiger partial charge in [-0.25, -0.2) is 4.79 Å². The third-order valence-corrected chi connectivity index (χ3v) is 6.84. The summed E-state index contributed by atoms with van der Waals surface area (Å²) in [7, 11) is 0. The fourth-order valence-electron chi connectivity index (χ4n) is 4.18. The van der Waals surface area contributed by atoms with Crippen LogP contribution in [0.25, 0.3) is 0 Å². The number of nitrogens with one attached hydrogen (secondary N) is 3. The van der Waals surface area contributed by atoms with Crippen molar-refractivity contribution in [3.63, 3.8) is 0 Å². The second-order valence-electron chi connectivity index (χ2n) is 9.74. The molecule has 0 saturated carbocycles. The number of phenols is 1. The number of hydrogen-bond donors (Lipinski definition) is 6. The van der Waals surface area contributed by atoms with Crippen molar-refractivity contribution in [3.8, 4) is 5.75 Å². The highest BCUT2D eigenvalue weighted by Gasteiger charge is 2.10. The molecule has 0 aliphatic rings. The highest BCUT2D eigenvalue weighted by molar-refractivity contribution is 6.35. The summed E-state index contributed by atoms with van der Waals surface area (Å²) < 4.78 is 11.4. The molecule has 0 aliphatic carbocycles. The summed E-state index contributed by atoms with van der Waals surface area (Å²) in [6.07, 6.45) is 3.35. The number of unbranched alkanes of at least 4 members (excludes halogenated alkanes) is 3. The van der Waals surface area contributed by atoms with E-state index in [9.17, 15) is 20.1 Å². The summed E-state index contributed by atoms with van der Waals surface area (Å²) in [5.74, 6) is 0.0254. The second kappa shape index (κ2) is 18.6. The van der Waals surface area contributed by atoms with Crippen LogP contribution in [0.15, 0.2) is 60.7 Å². The molecule has 3 aromatic carbocycles. The van der Waals surface area contributed by atoms with E-state index in [2.05, 4.69) is 16.0 Å². The minimum atomic E-state index is -0.699. The van der Waals surface area contributed by atoms with Gasteiger partial charge in [0.15, 0.2) is 0 Å². The zero-order valence-corrected chi connectivity index (χ0v) is 25.0. The topological polar surface area (TPSA) is 132 Å². The van der Waals surface area contributed by atoms with Crippen LogP contribution in [0, 0.1) is 0 Å². The molecule has 0 aromatic heterocycles. The third kappa shape index (κ3) is 12.1. The number of aliphatic hydroxyl groups excluding tert-OH is 2. The maximum absolute atomic E-state index is 12.4. The molecule has 228 valence electrons. The number of anilines is 2. The predicted octanol–water partition coefficient (Wildman–Crippen LogP) is 6.25. The average molecular weight is 621 g/mol. The lowest BCUT2D eigenvalue weighted by molar-refractivity contribution is 0.0394. The average Bonchev–Trinajstić information content (AvgIpc) is 2.95. The first-order valence-corrected chi connectivity index (χ1v) is 14.7. The third-order valence-electron chi connectivity index (χ3n) is 6.40. The summed E-state index contributed by atoms with van der Waals surface area (Å²) >= 11 is 12.0. The molecule has 0 spiro atoms. The first-order valence-electron chi connectivity index (χ1n) is 13.9. The van der Waals surface area contributed by atoms with Gasteiger partial charge in [-0.15, -0.1) is 0 Å². The van der Waals surface area contributed by atoms with Crippen LogP contribution in [0.2, 0.25) is 10.0 Å². The molecule has 1 atom stereocenters. The molecule has 0 radical (unpaired) electrons. The number of aromatic hydroxyl groups is 1. The van der Waals surface area contributed by atoms with Gasteiger partial charge in [0.1, 0.15) is 5.75 Å². The molecule has 0 unspecified atom stereocenters. The van der Waals surface area contributed by atoms with Crippen molar-refractivity contribution in [1.29, 1.82) is 0 Å². The maximum Gasteiger partial charge on any atom is 0.323 e. The lowest BCUT2D eigenvalue weighted by Crippen LogP contribution is -2.22. The van der Waals surface area contributed by atoms with Crippen molar-refractivity contribution in [2.24, 2.45) is 0 Å². The molecule has 3 aromatic rings. The summed E-state index contributed by atoms with van der Waals surface area (Å²) in [6.45, 7) is 2.85. The molecule has 3 rings (SSSR count). The number of rotatable bonds is 18. The van der Waals surface area contributed by atoms with E-state index in [4.69, 9.17) is 32.7 Å². The molecule has 6 N–H and O–H groups in total. The van der Waals surface area contributed by atoms with E-state index < -0.39 is 12.1 Å². The van der Waals surface area contributed by atoms with Gasteiger partial charge in [0, 0.05) is 45.7 Å². The van der Waals surface area contributed by atoms with Crippen molar-refractivity contribution in [2.45, 2.75) is 45.0 Å². The maximum atomic E-state index is 12.4. The minimum absolute atomic E-state index is 0.0254. The number of halogens is 2. The zero-order valence-electron chi connectivity index (χ0n) is 23.5. The Morgan fingerprint density at radius 1 is 0.833 bits per heavy atom. The number of amides is 2. The number of para-hydroxylation sites is 1. The minimum Gasteiger partial charge on any atom is -0.508 e. The van der Waals surface area contributed by atoms with Crippen LogP contribution in [0.1, 0.15) is 48.5 Å². The van der Waals surface area contributed by atoms with Gasteiger partial charge in [-0.1, -0.05) is 60.3 Å². The van der Waals surface area contributed by atoms with Crippen LogP contribution in [0.3, 0.4) is 0 Å². The summed E-state index contributed by atoms with van der Waals surface area (Å²) in [4.78, 5) is 12.4. The van der Waals surface area contributed by atoms with Crippen LogP contribution < -0.4 is 16.0 Å². The smallest absolute Gasteiger partial charge is 0.323 e. The number of aliphatic hydroxyl groups is 2. The van der Waals surface area contributed by atoms with Crippen LogP contribution in [-0.4, -0.2) is 54.3 Å². The first-order chi connectivity index (χ1) is 20.4. The molecule has 0 heterocycles. The van der Waals surface area contributed by atoms with Crippen molar-refractivity contribution in [1.82, 2.24) is 5.32 Å². The van der Waals surface area contributed by atoms with Gasteiger partial charge in [-0.2, -0.15) is 0 Å². The van der Waals surface area contributed by atoms with E-state index in [-0.39, 0.29) is 12.4 Å². The summed E-state index contributed by atoms with van der Waals surface area (Å²) in [5.41, 5.74) is 3.05. The van der Waals surface area contributed by atoms with Gasteiger partial charge >= 0.3 is 6.03 Å². The van der Waals surface area contributed by atoms with Crippen LogP contribution in [-0.2, 0) is 22.7 Å². The van der Waals surface area contributed by atoms with E-state index >= 15 is 0 Å². The normalized spacial score (nSPS) is 11.8. The molecule has 11 heteroatoms. The van der Waals surface area contributed by atoms with Crippen LogP contribution >= 0.6 is 23.2 Å². The van der Waals surface area contributed by atoms with E-state index in [1.54, 1.807) is 36.4 Å². The number of benzene rings is 3. The standard InChI is InChI=1S/C31H39Cl2N3O6/c32-25-16-26(33)18-27(17-25)35-31(40)36-28-8-4-3-7-23(28)21-42-14-13-41-12-6-2-1-5-11-34-19-30(39)22-9-10-29(38)24(15-22)20-37/h3-4,7-10,15-18,30,34,37-39H,1-2,5-6,11-14,19-21H2,(H2,35,36,40)/t30-/m1/s1. The largest absolute Gasteiger partial charge is 0.508 e. The van der Waals surface area contributed by atoms with Gasteiger partial charge in [-0.05, 0) is 61.3 Å². The van der Waals surface area contributed by atoms with Crippen molar-refractivity contribution < 1.29 is 29.6 Å². The lowest BCUT2D eigenvalue weighted by Gasteiger charge is -2.14. The van der Waals surface area contributed by atoms with Gasteiger partial charge in [-0.3, -0.25) is 0 Å². The molecular weight excluding hydrogens is 581 g/mol.